The van der Waals surface area contributed by atoms with Crippen LogP contribution in [-0.4, -0.2) is 10.7 Å². The first-order valence-electron chi connectivity index (χ1n) is 6.84. The lowest BCUT2D eigenvalue weighted by Gasteiger charge is -2.59. The Morgan fingerprint density at radius 3 is 2.12 bits per heavy atom. The van der Waals surface area contributed by atoms with Gasteiger partial charge < -0.3 is 5.11 Å². The maximum absolute atomic E-state index is 10.9. The predicted octanol–water partition coefficient (Wildman–Crippen LogP) is 2.98. The molecular formula is C15H22O. The van der Waals surface area contributed by atoms with Gasteiger partial charge in [0, 0.05) is 6.42 Å². The molecule has 0 heterocycles. The molecule has 4 aliphatic carbocycles. The van der Waals surface area contributed by atoms with Gasteiger partial charge in [-0.1, -0.05) is 0 Å². The lowest BCUT2D eigenvalue weighted by Crippen LogP contribution is -2.57. The highest BCUT2D eigenvalue weighted by Crippen LogP contribution is 2.59. The van der Waals surface area contributed by atoms with Gasteiger partial charge in [-0.2, -0.15) is 0 Å². The van der Waals surface area contributed by atoms with Gasteiger partial charge in [0.15, 0.2) is 0 Å². The topological polar surface area (TPSA) is 20.2 Å². The second-order valence-electron chi connectivity index (χ2n) is 6.22. The Morgan fingerprint density at radius 2 is 1.62 bits per heavy atom. The molecule has 0 aromatic rings. The van der Waals surface area contributed by atoms with Gasteiger partial charge in [-0.15, -0.1) is 11.8 Å². The van der Waals surface area contributed by atoms with Gasteiger partial charge in [-0.25, -0.2) is 0 Å². The van der Waals surface area contributed by atoms with Gasteiger partial charge in [-0.05, 0) is 69.1 Å². The van der Waals surface area contributed by atoms with Crippen LogP contribution in [0.1, 0.15) is 51.9 Å². The van der Waals surface area contributed by atoms with E-state index in [0.29, 0.717) is 11.8 Å². The van der Waals surface area contributed by atoms with Crippen LogP contribution >= 0.6 is 0 Å². The summed E-state index contributed by atoms with van der Waals surface area (Å²) < 4.78 is 0. The van der Waals surface area contributed by atoms with Crippen molar-refractivity contribution in [3.8, 4) is 11.8 Å². The molecule has 4 bridgehead atoms. The summed E-state index contributed by atoms with van der Waals surface area (Å²) in [7, 11) is 0. The fourth-order valence-corrected chi connectivity index (χ4v) is 4.80. The molecule has 0 unspecified atom stereocenters. The summed E-state index contributed by atoms with van der Waals surface area (Å²) in [5.41, 5.74) is -0.350. The van der Waals surface area contributed by atoms with E-state index in [1.165, 1.54) is 32.1 Å². The predicted molar refractivity (Wildman–Crippen MR) is 64.7 cm³/mol. The average molecular weight is 218 g/mol. The summed E-state index contributed by atoms with van der Waals surface area (Å²) in [6.07, 6.45) is 8.44. The molecule has 0 atom stereocenters. The third kappa shape index (κ3) is 1.51. The van der Waals surface area contributed by atoms with Gasteiger partial charge in [0.25, 0.3) is 0 Å². The Kier molecular flexibility index (Phi) is 2.51. The van der Waals surface area contributed by atoms with Crippen LogP contribution in [0.4, 0.5) is 0 Å². The number of hydrogen-bond donors (Lipinski definition) is 1. The van der Waals surface area contributed by atoms with E-state index in [1.54, 1.807) is 0 Å². The minimum Gasteiger partial charge on any atom is -0.389 e. The summed E-state index contributed by atoms with van der Waals surface area (Å²) >= 11 is 0. The molecule has 0 amide bonds. The fraction of sp³-hybridized carbons (Fsp3) is 0.867. The molecule has 0 saturated heterocycles. The molecule has 0 aromatic carbocycles. The zero-order chi connectivity index (χ0) is 11.2. The van der Waals surface area contributed by atoms with E-state index in [-0.39, 0.29) is 5.60 Å². The third-order valence-corrected chi connectivity index (χ3v) is 5.38. The third-order valence-electron chi connectivity index (χ3n) is 5.38. The van der Waals surface area contributed by atoms with E-state index in [0.717, 1.165) is 24.7 Å². The molecule has 1 nitrogen and oxygen atoms in total. The van der Waals surface area contributed by atoms with Crippen molar-refractivity contribution in [2.75, 3.05) is 0 Å². The van der Waals surface area contributed by atoms with Crippen molar-refractivity contribution in [2.24, 2.45) is 23.7 Å². The highest BCUT2D eigenvalue weighted by Gasteiger charge is 2.55. The van der Waals surface area contributed by atoms with Crippen molar-refractivity contribution in [3.05, 3.63) is 0 Å². The van der Waals surface area contributed by atoms with Crippen LogP contribution in [0.2, 0.25) is 0 Å². The van der Waals surface area contributed by atoms with Gasteiger partial charge in [0.2, 0.25) is 0 Å². The summed E-state index contributed by atoms with van der Waals surface area (Å²) in [5.74, 6) is 9.16. The number of hydrogen-bond acceptors (Lipinski definition) is 1. The Hall–Kier alpha value is -0.480. The Morgan fingerprint density at radius 1 is 1.06 bits per heavy atom. The van der Waals surface area contributed by atoms with Gasteiger partial charge >= 0.3 is 0 Å². The Balaban J connectivity index is 1.76. The van der Waals surface area contributed by atoms with Crippen LogP contribution < -0.4 is 0 Å². The molecule has 0 radical (unpaired) electrons. The molecule has 1 N–H and O–H groups in total. The smallest absolute Gasteiger partial charge is 0.0713 e. The van der Waals surface area contributed by atoms with Crippen LogP contribution in [0.5, 0.6) is 0 Å². The minimum absolute atomic E-state index is 0.350. The van der Waals surface area contributed by atoms with E-state index < -0.39 is 0 Å². The van der Waals surface area contributed by atoms with Crippen molar-refractivity contribution in [3.63, 3.8) is 0 Å². The minimum atomic E-state index is -0.350. The van der Waals surface area contributed by atoms with Gasteiger partial charge in [0.05, 0.1) is 5.60 Å². The van der Waals surface area contributed by atoms with Crippen LogP contribution in [0.15, 0.2) is 0 Å². The van der Waals surface area contributed by atoms with Crippen molar-refractivity contribution in [2.45, 2.75) is 57.5 Å². The van der Waals surface area contributed by atoms with E-state index in [2.05, 4.69) is 11.8 Å². The van der Waals surface area contributed by atoms with Crippen molar-refractivity contribution in [1.82, 2.24) is 0 Å². The molecule has 1 heteroatoms. The van der Waals surface area contributed by atoms with E-state index in [1.807, 2.05) is 6.92 Å². The van der Waals surface area contributed by atoms with Gasteiger partial charge in [0.1, 0.15) is 0 Å². The Labute approximate surface area is 98.6 Å². The highest BCUT2D eigenvalue weighted by atomic mass is 16.3. The quantitative estimate of drug-likeness (QED) is 0.706. The number of rotatable bonds is 2. The molecule has 4 aliphatic rings. The van der Waals surface area contributed by atoms with Crippen LogP contribution in [0.25, 0.3) is 0 Å². The maximum atomic E-state index is 10.9. The summed E-state index contributed by atoms with van der Waals surface area (Å²) in [6, 6.07) is 0. The largest absolute Gasteiger partial charge is 0.389 e. The summed E-state index contributed by atoms with van der Waals surface area (Å²) in [6.45, 7) is 1.89. The average Bonchev–Trinajstić information content (AvgIpc) is 2.25. The molecule has 4 saturated carbocycles. The van der Waals surface area contributed by atoms with Crippen molar-refractivity contribution in [1.29, 1.82) is 0 Å². The first-order valence-corrected chi connectivity index (χ1v) is 6.84. The number of aliphatic hydroxyl groups is 1. The second-order valence-corrected chi connectivity index (χ2v) is 6.22. The zero-order valence-electron chi connectivity index (χ0n) is 10.2. The zero-order valence-corrected chi connectivity index (χ0v) is 10.2. The van der Waals surface area contributed by atoms with Crippen LogP contribution in [0, 0.1) is 35.5 Å². The first-order chi connectivity index (χ1) is 7.72. The van der Waals surface area contributed by atoms with Crippen molar-refractivity contribution < 1.29 is 5.11 Å². The van der Waals surface area contributed by atoms with Gasteiger partial charge in [-0.3, -0.25) is 0 Å². The molecule has 4 fully saturated rings. The lowest BCUT2D eigenvalue weighted by molar-refractivity contribution is -0.175. The molecule has 0 aromatic heterocycles. The first kappa shape index (κ1) is 10.7. The lowest BCUT2D eigenvalue weighted by atomic mass is 9.49. The van der Waals surface area contributed by atoms with E-state index in [4.69, 9.17) is 0 Å². The Bertz CT molecular complexity index is 305. The second kappa shape index (κ2) is 3.77. The SMILES string of the molecule is CC#CCCC1(O)C2CC3CC(C2)CC1C3. The van der Waals surface area contributed by atoms with Crippen molar-refractivity contribution >= 4 is 0 Å². The van der Waals surface area contributed by atoms with E-state index >= 15 is 0 Å². The summed E-state index contributed by atoms with van der Waals surface area (Å²) in [5, 5.41) is 10.9. The molecule has 16 heavy (non-hydrogen) atoms. The summed E-state index contributed by atoms with van der Waals surface area (Å²) in [4.78, 5) is 0. The maximum Gasteiger partial charge on any atom is 0.0713 e. The van der Waals surface area contributed by atoms with Crippen LogP contribution in [-0.2, 0) is 0 Å². The standard InChI is InChI=1S/C15H22O/c1-2-3-4-5-15(16)13-7-11-6-12(9-13)10-14(15)8-11/h11-14,16H,4-10H2,1H3. The molecule has 0 spiro atoms. The molecule has 4 rings (SSSR count). The van der Waals surface area contributed by atoms with Crippen LogP contribution in [0.3, 0.4) is 0 Å². The fourth-order valence-electron chi connectivity index (χ4n) is 4.80. The highest BCUT2D eigenvalue weighted by molar-refractivity contribution is 5.08. The monoisotopic (exact) mass is 218 g/mol. The molecule has 0 aliphatic heterocycles. The molecular weight excluding hydrogens is 196 g/mol. The normalized spacial score (nSPS) is 48.9. The molecule has 88 valence electrons. The van der Waals surface area contributed by atoms with E-state index in [9.17, 15) is 5.11 Å².